The van der Waals surface area contributed by atoms with E-state index < -0.39 is 46.6 Å². The normalized spacial score (nSPS) is 10.9. The predicted octanol–water partition coefficient (Wildman–Crippen LogP) is 2.62. The highest BCUT2D eigenvalue weighted by Crippen LogP contribution is 2.26. The van der Waals surface area contributed by atoms with E-state index in [9.17, 15) is 27.5 Å². The van der Waals surface area contributed by atoms with Gasteiger partial charge in [-0.1, -0.05) is 17.7 Å². The molecule has 0 aliphatic heterocycles. The number of hydrogen-bond donors (Lipinski definition) is 1. The molecular formula is C17H11F4N3O3S. The highest BCUT2D eigenvalue weighted by Gasteiger charge is 2.24. The number of halogens is 4. The Kier molecular flexibility index (Phi) is 5.54. The van der Waals surface area contributed by atoms with Crippen molar-refractivity contribution in [3.05, 3.63) is 59.2 Å². The molecule has 6 nitrogen and oxygen atoms in total. The lowest BCUT2D eigenvalue weighted by Gasteiger charge is -2.08. The number of amides is 1. The lowest BCUT2D eigenvalue weighted by Crippen LogP contribution is -2.35. The highest BCUT2D eigenvalue weighted by atomic mass is 32.2. The number of rotatable bonds is 5. The molecule has 3 rings (SSSR count). The summed E-state index contributed by atoms with van der Waals surface area (Å²) < 4.78 is 59.4. The van der Waals surface area contributed by atoms with E-state index in [0.717, 1.165) is 10.2 Å². The van der Waals surface area contributed by atoms with Gasteiger partial charge < -0.3 is 14.9 Å². The second kappa shape index (κ2) is 7.89. The standard InChI is InChI=1S/C17H11F4N3O3S/c1-8-2-4-9(5-3-8)24-16(17(26)27-23-24)28-7-12(25)22-15-13(20)10(18)6-11(19)14(15)21/h2-6H,7H2,1H3,(H-,22,23,25,26). The van der Waals surface area contributed by atoms with Crippen LogP contribution < -0.4 is 15.1 Å². The molecule has 3 aromatic rings. The van der Waals surface area contributed by atoms with E-state index in [2.05, 4.69) is 9.79 Å². The monoisotopic (exact) mass is 413 g/mol. The van der Waals surface area contributed by atoms with Gasteiger partial charge in [-0.2, -0.15) is 0 Å². The number of hydrogen-bond acceptors (Lipinski definition) is 5. The van der Waals surface area contributed by atoms with Gasteiger partial charge >= 0.3 is 0 Å². The van der Waals surface area contributed by atoms with E-state index in [-0.39, 0.29) is 11.1 Å². The van der Waals surface area contributed by atoms with Crippen LogP contribution in [0.4, 0.5) is 23.2 Å². The van der Waals surface area contributed by atoms with Crippen LogP contribution in [0.5, 0.6) is 5.95 Å². The first-order valence-electron chi connectivity index (χ1n) is 7.69. The van der Waals surface area contributed by atoms with Crippen molar-refractivity contribution >= 4 is 23.4 Å². The van der Waals surface area contributed by atoms with Crippen molar-refractivity contribution in [1.82, 2.24) is 5.27 Å². The molecule has 0 bridgehead atoms. The summed E-state index contributed by atoms with van der Waals surface area (Å²) in [4.78, 5) is 12.0. The lowest BCUT2D eigenvalue weighted by molar-refractivity contribution is -0.705. The topological polar surface area (TPSA) is 82.1 Å². The summed E-state index contributed by atoms with van der Waals surface area (Å²) in [5.41, 5.74) is 0.209. The summed E-state index contributed by atoms with van der Waals surface area (Å²) in [5.74, 6) is -9.10. The van der Waals surface area contributed by atoms with Crippen LogP contribution in [0.25, 0.3) is 5.69 Å². The number of carbonyl (C=O) groups is 1. The number of thioether (sulfide) groups is 1. The van der Waals surface area contributed by atoms with Crippen LogP contribution in [-0.4, -0.2) is 16.9 Å². The summed E-state index contributed by atoms with van der Waals surface area (Å²) in [6.07, 6.45) is 0. The molecule has 2 aromatic carbocycles. The van der Waals surface area contributed by atoms with Gasteiger partial charge in [0.15, 0.2) is 29.2 Å². The van der Waals surface area contributed by atoms with Crippen LogP contribution in [0, 0.1) is 30.2 Å². The van der Waals surface area contributed by atoms with Gasteiger partial charge in [-0.3, -0.25) is 4.79 Å². The van der Waals surface area contributed by atoms with Gasteiger partial charge in [0.25, 0.3) is 5.03 Å². The summed E-state index contributed by atoms with van der Waals surface area (Å²) in [6.45, 7) is 1.86. The molecule has 0 aliphatic rings. The van der Waals surface area contributed by atoms with E-state index in [1.807, 2.05) is 6.92 Å². The molecule has 0 radical (unpaired) electrons. The minimum atomic E-state index is -1.73. The fourth-order valence-electron chi connectivity index (χ4n) is 2.20. The zero-order valence-electron chi connectivity index (χ0n) is 14.1. The summed E-state index contributed by atoms with van der Waals surface area (Å²) in [6, 6.07) is 6.91. The summed E-state index contributed by atoms with van der Waals surface area (Å²) in [7, 11) is 0. The molecule has 0 spiro atoms. The quantitative estimate of drug-likeness (QED) is 0.301. The van der Waals surface area contributed by atoms with Crippen LogP contribution in [0.15, 0.2) is 39.9 Å². The Hall–Kier alpha value is -3.08. The first kappa shape index (κ1) is 19.7. The third-order valence-electron chi connectivity index (χ3n) is 3.57. The van der Waals surface area contributed by atoms with Gasteiger partial charge in [0.2, 0.25) is 11.6 Å². The Morgan fingerprint density at radius 3 is 2.39 bits per heavy atom. The molecule has 1 heterocycles. The molecule has 1 amide bonds. The van der Waals surface area contributed by atoms with Crippen molar-refractivity contribution in [3.8, 4) is 11.6 Å². The molecule has 1 aromatic heterocycles. The van der Waals surface area contributed by atoms with E-state index in [1.54, 1.807) is 29.6 Å². The number of nitrogens with zero attached hydrogens (tertiary/aromatic N) is 2. The van der Waals surface area contributed by atoms with Crippen LogP contribution in [0.1, 0.15) is 5.56 Å². The smallest absolute Gasteiger partial charge is 0.298 e. The SMILES string of the molecule is Cc1ccc(-[n+]2noc([O-])c2SCC(=O)Nc2c(F)c(F)cc(F)c2F)cc1. The number of aryl methyl sites for hydroxylation is 1. The molecule has 0 unspecified atom stereocenters. The maximum absolute atomic E-state index is 13.6. The number of carbonyl (C=O) groups excluding carboxylic acids is 1. The molecule has 1 N–H and O–H groups in total. The Labute approximate surface area is 159 Å². The van der Waals surface area contributed by atoms with Crippen molar-refractivity contribution in [2.75, 3.05) is 11.1 Å². The first-order chi connectivity index (χ1) is 13.3. The molecular weight excluding hydrogens is 402 g/mol. The number of anilines is 1. The van der Waals surface area contributed by atoms with Gasteiger partial charge in [0.05, 0.1) is 11.0 Å². The molecule has 146 valence electrons. The van der Waals surface area contributed by atoms with Crippen molar-refractivity contribution < 1.29 is 36.7 Å². The van der Waals surface area contributed by atoms with Crippen LogP contribution in [0.2, 0.25) is 0 Å². The molecule has 0 saturated heterocycles. The van der Waals surface area contributed by atoms with Gasteiger partial charge in [0, 0.05) is 18.2 Å². The lowest BCUT2D eigenvalue weighted by atomic mass is 10.2. The second-order valence-corrected chi connectivity index (χ2v) is 6.56. The molecule has 0 aliphatic carbocycles. The first-order valence-corrected chi connectivity index (χ1v) is 8.68. The van der Waals surface area contributed by atoms with Gasteiger partial charge in [-0.05, 0) is 23.4 Å². The number of nitrogens with one attached hydrogen (secondary N) is 1. The van der Waals surface area contributed by atoms with Gasteiger partial charge in [-0.15, -0.1) is 0 Å². The zero-order valence-corrected chi connectivity index (χ0v) is 14.9. The summed E-state index contributed by atoms with van der Waals surface area (Å²) >= 11 is 0.677. The second-order valence-electron chi connectivity index (χ2n) is 5.59. The Morgan fingerprint density at radius 2 is 1.79 bits per heavy atom. The van der Waals surface area contributed by atoms with E-state index in [4.69, 9.17) is 0 Å². The number of benzene rings is 2. The zero-order chi connectivity index (χ0) is 20.4. The van der Waals surface area contributed by atoms with Crippen LogP contribution >= 0.6 is 11.8 Å². The maximum atomic E-state index is 13.6. The van der Waals surface area contributed by atoms with Crippen LogP contribution in [-0.2, 0) is 4.79 Å². The fourth-order valence-corrected chi connectivity index (χ4v) is 2.96. The fraction of sp³-hybridized carbons (Fsp3) is 0.118. The van der Waals surface area contributed by atoms with Crippen molar-refractivity contribution in [2.24, 2.45) is 0 Å². The van der Waals surface area contributed by atoms with Gasteiger partial charge in [-0.25, -0.2) is 17.6 Å². The third-order valence-corrected chi connectivity index (χ3v) is 4.59. The molecule has 0 saturated carbocycles. The van der Waals surface area contributed by atoms with Gasteiger partial charge in [0.1, 0.15) is 5.69 Å². The van der Waals surface area contributed by atoms with Crippen molar-refractivity contribution in [1.29, 1.82) is 0 Å². The Bertz CT molecular complexity index is 1010. The largest absolute Gasteiger partial charge is 0.538 e. The Morgan fingerprint density at radius 1 is 1.18 bits per heavy atom. The minimum absolute atomic E-state index is 0.0282. The predicted molar refractivity (Wildman–Crippen MR) is 87.8 cm³/mol. The summed E-state index contributed by atoms with van der Waals surface area (Å²) in [5, 5.41) is 17.1. The van der Waals surface area contributed by atoms with E-state index >= 15 is 0 Å². The van der Waals surface area contributed by atoms with Crippen molar-refractivity contribution in [2.45, 2.75) is 11.9 Å². The highest BCUT2D eigenvalue weighted by molar-refractivity contribution is 7.99. The van der Waals surface area contributed by atoms with E-state index in [0.29, 0.717) is 17.4 Å². The Balaban J connectivity index is 1.76. The molecule has 0 fully saturated rings. The minimum Gasteiger partial charge on any atom is -0.538 e. The molecule has 28 heavy (non-hydrogen) atoms. The average Bonchev–Trinajstić information content (AvgIpc) is 3.03. The van der Waals surface area contributed by atoms with Crippen molar-refractivity contribution in [3.63, 3.8) is 0 Å². The average molecular weight is 413 g/mol. The number of aromatic nitrogens is 2. The molecule has 11 heteroatoms. The third kappa shape index (κ3) is 3.93. The van der Waals surface area contributed by atoms with E-state index in [1.165, 1.54) is 0 Å². The van der Waals surface area contributed by atoms with Crippen LogP contribution in [0.3, 0.4) is 0 Å². The maximum Gasteiger partial charge on any atom is 0.298 e. The molecule has 0 atom stereocenters.